The van der Waals surface area contributed by atoms with Crippen molar-refractivity contribution in [2.24, 2.45) is 5.10 Å². The summed E-state index contributed by atoms with van der Waals surface area (Å²) in [7, 11) is 0. The van der Waals surface area contributed by atoms with Gasteiger partial charge in [0.1, 0.15) is 0 Å². The van der Waals surface area contributed by atoms with E-state index in [1.165, 1.54) is 10.7 Å². The van der Waals surface area contributed by atoms with E-state index in [2.05, 4.69) is 36.0 Å². The number of hydrazone groups is 1. The highest BCUT2D eigenvalue weighted by atomic mass is 16.3. The second kappa shape index (κ2) is 7.22. The van der Waals surface area contributed by atoms with Crippen LogP contribution < -0.4 is 4.90 Å². The number of nitrogens with zero attached hydrogens (tertiary/aromatic N) is 3. The Kier molecular flexibility index (Phi) is 5.33. The van der Waals surface area contributed by atoms with Gasteiger partial charge in [-0.15, -0.1) is 0 Å². The van der Waals surface area contributed by atoms with Gasteiger partial charge >= 0.3 is 0 Å². The van der Waals surface area contributed by atoms with Gasteiger partial charge in [0, 0.05) is 18.8 Å². The largest absolute Gasteiger partial charge is 0.394 e. The minimum absolute atomic E-state index is 0.0889. The van der Waals surface area contributed by atoms with Crippen molar-refractivity contribution >= 4 is 23.4 Å². The quantitative estimate of drug-likeness (QED) is 0.819. The lowest BCUT2D eigenvalue weighted by Gasteiger charge is -2.20. The summed E-state index contributed by atoms with van der Waals surface area (Å²) < 4.78 is 0. The zero-order chi connectivity index (χ0) is 16.1. The lowest BCUT2D eigenvalue weighted by atomic mass is 10.1. The van der Waals surface area contributed by atoms with E-state index in [1.54, 1.807) is 0 Å². The van der Waals surface area contributed by atoms with Crippen molar-refractivity contribution in [3.8, 4) is 0 Å². The number of aliphatic hydroxyl groups excluding tert-OH is 1. The number of rotatable bonds is 6. The fourth-order valence-electron chi connectivity index (χ4n) is 2.52. The maximum Gasteiger partial charge on any atom is 0.275 e. The molecule has 5 heteroatoms. The van der Waals surface area contributed by atoms with Gasteiger partial charge in [0.25, 0.3) is 5.91 Å². The average Bonchev–Trinajstić information content (AvgIpc) is 2.78. The van der Waals surface area contributed by atoms with E-state index in [0.717, 1.165) is 18.7 Å². The van der Waals surface area contributed by atoms with Crippen LogP contribution in [-0.2, 0) is 4.79 Å². The Labute approximate surface area is 131 Å². The molecule has 1 N–H and O–H groups in total. The Morgan fingerprint density at radius 3 is 2.41 bits per heavy atom. The molecule has 0 aromatic heterocycles. The first-order chi connectivity index (χ1) is 10.6. The van der Waals surface area contributed by atoms with Crippen LogP contribution in [0.1, 0.15) is 26.3 Å². The van der Waals surface area contributed by atoms with Crippen LogP contribution in [0.2, 0.25) is 0 Å². The van der Waals surface area contributed by atoms with Gasteiger partial charge in [-0.2, -0.15) is 5.10 Å². The lowest BCUT2D eigenvalue weighted by molar-refractivity contribution is -0.126. The van der Waals surface area contributed by atoms with E-state index in [-0.39, 0.29) is 19.1 Å². The fraction of sp³-hybridized carbons (Fsp3) is 0.412. The van der Waals surface area contributed by atoms with E-state index in [4.69, 9.17) is 5.11 Å². The van der Waals surface area contributed by atoms with Gasteiger partial charge in [0.15, 0.2) is 0 Å². The maximum atomic E-state index is 12.2. The molecule has 0 fully saturated rings. The summed E-state index contributed by atoms with van der Waals surface area (Å²) >= 11 is 0. The summed E-state index contributed by atoms with van der Waals surface area (Å²) in [4.78, 5) is 14.5. The Balaban J connectivity index is 2.20. The number of hydrogen-bond acceptors (Lipinski definition) is 4. The molecular weight excluding hydrogens is 278 g/mol. The lowest BCUT2D eigenvalue weighted by Crippen LogP contribution is -2.25. The summed E-state index contributed by atoms with van der Waals surface area (Å²) in [5.74, 6) is -0.153. The molecule has 1 amide bonds. The summed E-state index contributed by atoms with van der Waals surface area (Å²) in [6, 6.07) is 8.15. The number of carbonyl (C=O) groups is 1. The van der Waals surface area contributed by atoms with Crippen LogP contribution in [0.5, 0.6) is 0 Å². The Bertz CT molecular complexity index is 586. The van der Waals surface area contributed by atoms with Gasteiger partial charge in [-0.25, -0.2) is 5.01 Å². The molecule has 0 saturated heterocycles. The van der Waals surface area contributed by atoms with Crippen molar-refractivity contribution in [1.82, 2.24) is 5.01 Å². The minimum atomic E-state index is -0.153. The molecule has 0 saturated carbocycles. The number of benzene rings is 1. The molecular formula is C17H23N3O2. The van der Waals surface area contributed by atoms with Crippen LogP contribution in [0.4, 0.5) is 5.69 Å². The molecule has 1 aliphatic heterocycles. The van der Waals surface area contributed by atoms with Crippen LogP contribution in [0.3, 0.4) is 0 Å². The third kappa shape index (κ3) is 3.36. The van der Waals surface area contributed by atoms with E-state index in [0.29, 0.717) is 11.3 Å². The van der Waals surface area contributed by atoms with Crippen LogP contribution in [0.15, 0.2) is 34.9 Å². The molecule has 22 heavy (non-hydrogen) atoms. The summed E-state index contributed by atoms with van der Waals surface area (Å²) in [6.45, 7) is 8.15. The summed E-state index contributed by atoms with van der Waals surface area (Å²) in [6.07, 6.45) is 1.85. The molecule has 0 spiro atoms. The van der Waals surface area contributed by atoms with Crippen molar-refractivity contribution in [1.29, 1.82) is 0 Å². The van der Waals surface area contributed by atoms with Gasteiger partial charge < -0.3 is 10.0 Å². The molecule has 1 aromatic carbocycles. The van der Waals surface area contributed by atoms with Crippen molar-refractivity contribution in [3.63, 3.8) is 0 Å². The molecule has 0 unspecified atom stereocenters. The highest BCUT2D eigenvalue weighted by Crippen LogP contribution is 2.20. The topological polar surface area (TPSA) is 56.1 Å². The average molecular weight is 301 g/mol. The molecule has 1 aliphatic rings. The SMILES string of the molecule is CCN(CC)c1ccc(C=C2C(=O)N(CCO)N=C2C)cc1. The van der Waals surface area contributed by atoms with E-state index < -0.39 is 0 Å². The third-order valence-electron chi connectivity index (χ3n) is 3.77. The number of aliphatic hydroxyl groups is 1. The number of amides is 1. The molecule has 118 valence electrons. The van der Waals surface area contributed by atoms with E-state index in [9.17, 15) is 4.79 Å². The molecule has 5 nitrogen and oxygen atoms in total. The molecule has 1 heterocycles. The standard InChI is InChI=1S/C17H23N3O2/c1-4-19(5-2)15-8-6-14(7-9-15)12-16-13(3)18-20(10-11-21)17(16)22/h6-9,12,21H,4-5,10-11H2,1-3H3. The first-order valence-electron chi connectivity index (χ1n) is 7.65. The fourth-order valence-corrected chi connectivity index (χ4v) is 2.52. The van der Waals surface area contributed by atoms with Crippen molar-refractivity contribution in [2.45, 2.75) is 20.8 Å². The van der Waals surface area contributed by atoms with Crippen molar-refractivity contribution in [2.75, 3.05) is 31.1 Å². The van der Waals surface area contributed by atoms with Gasteiger partial charge in [-0.1, -0.05) is 12.1 Å². The molecule has 0 aliphatic carbocycles. The van der Waals surface area contributed by atoms with Gasteiger partial charge in [-0.05, 0) is 44.5 Å². The van der Waals surface area contributed by atoms with Gasteiger partial charge in [-0.3, -0.25) is 4.79 Å². The first kappa shape index (κ1) is 16.2. The third-order valence-corrected chi connectivity index (χ3v) is 3.77. The van der Waals surface area contributed by atoms with Gasteiger partial charge in [0.2, 0.25) is 0 Å². The summed E-state index contributed by atoms with van der Waals surface area (Å²) in [5, 5.41) is 14.4. The van der Waals surface area contributed by atoms with Gasteiger partial charge in [0.05, 0.1) is 24.4 Å². The molecule has 1 aromatic rings. The smallest absolute Gasteiger partial charge is 0.275 e. The highest BCUT2D eigenvalue weighted by molar-refractivity contribution is 6.26. The number of anilines is 1. The number of carbonyl (C=O) groups excluding carboxylic acids is 1. The minimum Gasteiger partial charge on any atom is -0.394 e. The Morgan fingerprint density at radius 1 is 1.23 bits per heavy atom. The predicted molar refractivity (Wildman–Crippen MR) is 89.9 cm³/mol. The maximum absolute atomic E-state index is 12.2. The predicted octanol–water partition coefficient (Wildman–Crippen LogP) is 2.13. The number of β-amino-alcohol motifs (C(OH)–C–C–N with tert-alkyl or cyclic N) is 1. The highest BCUT2D eigenvalue weighted by Gasteiger charge is 2.26. The second-order valence-corrected chi connectivity index (χ2v) is 5.16. The first-order valence-corrected chi connectivity index (χ1v) is 7.65. The van der Waals surface area contributed by atoms with Crippen LogP contribution in [0.25, 0.3) is 6.08 Å². The van der Waals surface area contributed by atoms with Crippen molar-refractivity contribution in [3.05, 3.63) is 35.4 Å². The molecule has 0 atom stereocenters. The zero-order valence-electron chi connectivity index (χ0n) is 13.4. The second-order valence-electron chi connectivity index (χ2n) is 5.16. The molecule has 0 bridgehead atoms. The van der Waals surface area contributed by atoms with E-state index >= 15 is 0 Å². The van der Waals surface area contributed by atoms with E-state index in [1.807, 2.05) is 25.1 Å². The van der Waals surface area contributed by atoms with Crippen LogP contribution in [0, 0.1) is 0 Å². The molecule has 0 radical (unpaired) electrons. The molecule has 2 rings (SSSR count). The normalized spacial score (nSPS) is 16.4. The Morgan fingerprint density at radius 2 is 1.86 bits per heavy atom. The Hall–Kier alpha value is -2.14. The van der Waals surface area contributed by atoms with Crippen LogP contribution >= 0.6 is 0 Å². The van der Waals surface area contributed by atoms with Crippen LogP contribution in [-0.4, -0.2) is 48.0 Å². The monoisotopic (exact) mass is 301 g/mol. The number of hydrogen-bond donors (Lipinski definition) is 1. The van der Waals surface area contributed by atoms with Crippen molar-refractivity contribution < 1.29 is 9.90 Å². The zero-order valence-corrected chi connectivity index (χ0v) is 13.4. The summed E-state index contributed by atoms with van der Waals surface area (Å²) in [5.41, 5.74) is 3.42.